The maximum atomic E-state index is 11.1. The van der Waals surface area contributed by atoms with Crippen LogP contribution in [-0.2, 0) is 0 Å². The maximum absolute atomic E-state index is 11.1. The highest BCUT2D eigenvalue weighted by atomic mass is 16.5. The molecule has 0 bridgehead atoms. The second-order valence-electron chi connectivity index (χ2n) is 6.52. The molecular formula is C18H24N2O2. The molecule has 1 saturated carbocycles. The van der Waals surface area contributed by atoms with Gasteiger partial charge in [-0.05, 0) is 25.3 Å². The number of hydrogen-bond donors (Lipinski definition) is 1. The molecule has 0 aromatic heterocycles. The highest BCUT2D eigenvalue weighted by Gasteiger charge is 2.49. The van der Waals surface area contributed by atoms with Gasteiger partial charge in [0, 0.05) is 24.1 Å². The van der Waals surface area contributed by atoms with Gasteiger partial charge in [-0.15, -0.1) is 0 Å². The maximum Gasteiger partial charge on any atom is 0.123 e. The molecule has 1 N–H and O–H groups in total. The Morgan fingerprint density at radius 3 is 2.95 bits per heavy atom. The number of para-hydroxylation sites is 1. The third kappa shape index (κ3) is 2.60. The van der Waals surface area contributed by atoms with Crippen LogP contribution in [0.4, 0.5) is 0 Å². The zero-order chi connectivity index (χ0) is 15.6. The van der Waals surface area contributed by atoms with Crippen LogP contribution in [0.15, 0.2) is 24.3 Å². The molecule has 1 aliphatic heterocycles. The highest BCUT2D eigenvalue weighted by molar-refractivity contribution is 5.37. The van der Waals surface area contributed by atoms with Gasteiger partial charge in [0.25, 0.3) is 0 Å². The molecule has 1 aliphatic carbocycles. The van der Waals surface area contributed by atoms with Crippen molar-refractivity contribution < 1.29 is 9.84 Å². The quantitative estimate of drug-likeness (QED) is 0.872. The normalized spacial score (nSPS) is 32.0. The summed E-state index contributed by atoms with van der Waals surface area (Å²) in [6.45, 7) is 1.17. The van der Waals surface area contributed by atoms with Gasteiger partial charge in [0.15, 0.2) is 0 Å². The number of aliphatic hydroxyl groups is 1. The van der Waals surface area contributed by atoms with Crippen LogP contribution in [0.1, 0.15) is 43.7 Å². The Morgan fingerprint density at radius 2 is 2.18 bits per heavy atom. The number of fused-ring (bicyclic) bond motifs is 1. The lowest BCUT2D eigenvalue weighted by atomic mass is 9.66. The first-order valence-electron chi connectivity index (χ1n) is 8.16. The Kier molecular flexibility index (Phi) is 4.37. The van der Waals surface area contributed by atoms with Crippen molar-refractivity contribution in [3.05, 3.63) is 29.8 Å². The molecular weight excluding hydrogens is 276 g/mol. The SMILES string of the molecule is COc1ccccc1[C@H]1[C@@H]2CCCC[C@@]2(O)CCN1CC#N. The molecule has 0 radical (unpaired) electrons. The lowest BCUT2D eigenvalue weighted by molar-refractivity contribution is -0.122. The fourth-order valence-corrected chi connectivity index (χ4v) is 4.33. The van der Waals surface area contributed by atoms with E-state index in [2.05, 4.69) is 17.0 Å². The van der Waals surface area contributed by atoms with Crippen molar-refractivity contribution in [3.63, 3.8) is 0 Å². The monoisotopic (exact) mass is 300 g/mol. The number of nitriles is 1. The van der Waals surface area contributed by atoms with Crippen LogP contribution in [-0.4, -0.2) is 35.8 Å². The van der Waals surface area contributed by atoms with Crippen molar-refractivity contribution in [2.75, 3.05) is 20.2 Å². The van der Waals surface area contributed by atoms with Gasteiger partial charge >= 0.3 is 0 Å². The van der Waals surface area contributed by atoms with E-state index in [4.69, 9.17) is 4.74 Å². The number of piperidine rings is 1. The Hall–Kier alpha value is -1.57. The van der Waals surface area contributed by atoms with Crippen LogP contribution in [0.5, 0.6) is 5.75 Å². The van der Waals surface area contributed by atoms with E-state index in [9.17, 15) is 10.4 Å². The minimum atomic E-state index is -0.588. The zero-order valence-corrected chi connectivity index (χ0v) is 13.2. The van der Waals surface area contributed by atoms with Crippen LogP contribution >= 0.6 is 0 Å². The molecule has 4 heteroatoms. The highest BCUT2D eigenvalue weighted by Crippen LogP contribution is 2.50. The van der Waals surface area contributed by atoms with E-state index < -0.39 is 5.60 Å². The fraction of sp³-hybridized carbons (Fsp3) is 0.611. The van der Waals surface area contributed by atoms with Crippen LogP contribution in [0.25, 0.3) is 0 Å². The summed E-state index contributed by atoms with van der Waals surface area (Å²) in [7, 11) is 1.68. The van der Waals surface area contributed by atoms with Crippen molar-refractivity contribution in [1.82, 2.24) is 4.90 Å². The van der Waals surface area contributed by atoms with Crippen LogP contribution in [0.3, 0.4) is 0 Å². The van der Waals surface area contributed by atoms with Gasteiger partial charge in [-0.25, -0.2) is 0 Å². The minimum Gasteiger partial charge on any atom is -0.496 e. The Morgan fingerprint density at radius 1 is 1.36 bits per heavy atom. The Balaban J connectivity index is 2.03. The predicted molar refractivity (Wildman–Crippen MR) is 84.4 cm³/mol. The number of rotatable bonds is 3. The Bertz CT molecular complexity index is 568. The van der Waals surface area contributed by atoms with Crippen molar-refractivity contribution in [2.45, 2.75) is 43.7 Å². The van der Waals surface area contributed by atoms with E-state index in [1.54, 1.807) is 7.11 Å². The Labute approximate surface area is 132 Å². The number of methoxy groups -OCH3 is 1. The van der Waals surface area contributed by atoms with E-state index in [1.165, 1.54) is 0 Å². The number of benzene rings is 1. The lowest BCUT2D eigenvalue weighted by Crippen LogP contribution is -2.54. The van der Waals surface area contributed by atoms with Gasteiger partial charge in [-0.1, -0.05) is 31.0 Å². The van der Waals surface area contributed by atoms with Crippen molar-refractivity contribution in [1.29, 1.82) is 5.26 Å². The van der Waals surface area contributed by atoms with Gasteiger partial charge < -0.3 is 9.84 Å². The van der Waals surface area contributed by atoms with E-state index >= 15 is 0 Å². The first-order chi connectivity index (χ1) is 10.7. The van der Waals surface area contributed by atoms with Crippen LogP contribution in [0, 0.1) is 17.2 Å². The summed E-state index contributed by atoms with van der Waals surface area (Å²) in [4.78, 5) is 2.21. The second kappa shape index (κ2) is 6.28. The van der Waals surface area contributed by atoms with Gasteiger partial charge in [0.05, 0.1) is 25.3 Å². The number of ether oxygens (including phenoxy) is 1. The minimum absolute atomic E-state index is 0.0647. The third-order valence-corrected chi connectivity index (χ3v) is 5.40. The summed E-state index contributed by atoms with van der Waals surface area (Å²) in [5, 5.41) is 20.3. The first-order valence-corrected chi connectivity index (χ1v) is 8.16. The molecule has 1 saturated heterocycles. The fourth-order valence-electron chi connectivity index (χ4n) is 4.33. The molecule has 4 nitrogen and oxygen atoms in total. The molecule has 2 fully saturated rings. The van der Waals surface area contributed by atoms with Crippen molar-refractivity contribution in [2.24, 2.45) is 5.92 Å². The predicted octanol–water partition coefficient (Wildman–Crippen LogP) is 2.89. The third-order valence-electron chi connectivity index (χ3n) is 5.40. The van der Waals surface area contributed by atoms with Crippen molar-refractivity contribution in [3.8, 4) is 11.8 Å². The van der Waals surface area contributed by atoms with E-state index in [0.29, 0.717) is 6.54 Å². The summed E-state index contributed by atoms with van der Waals surface area (Å²) in [5.41, 5.74) is 0.515. The van der Waals surface area contributed by atoms with E-state index in [0.717, 1.165) is 50.0 Å². The van der Waals surface area contributed by atoms with Crippen LogP contribution < -0.4 is 4.74 Å². The summed E-state index contributed by atoms with van der Waals surface area (Å²) in [5.74, 6) is 1.03. The molecule has 0 spiro atoms. The average molecular weight is 300 g/mol. The molecule has 1 aromatic carbocycles. The second-order valence-corrected chi connectivity index (χ2v) is 6.52. The number of likely N-dealkylation sites (tertiary alicyclic amines) is 1. The number of nitrogens with zero attached hydrogens (tertiary/aromatic N) is 2. The molecule has 3 rings (SSSR count). The van der Waals surface area contributed by atoms with Gasteiger partial charge in [0.1, 0.15) is 5.75 Å². The smallest absolute Gasteiger partial charge is 0.123 e. The topological polar surface area (TPSA) is 56.5 Å². The molecule has 118 valence electrons. The molecule has 0 amide bonds. The van der Waals surface area contributed by atoms with Gasteiger partial charge in [-0.2, -0.15) is 5.26 Å². The summed E-state index contributed by atoms with van der Waals surface area (Å²) in [6, 6.07) is 10.4. The van der Waals surface area contributed by atoms with E-state index in [1.807, 2.05) is 18.2 Å². The van der Waals surface area contributed by atoms with Gasteiger partial charge in [0.2, 0.25) is 0 Å². The number of hydrogen-bond acceptors (Lipinski definition) is 4. The summed E-state index contributed by atoms with van der Waals surface area (Å²) >= 11 is 0. The van der Waals surface area contributed by atoms with Gasteiger partial charge in [-0.3, -0.25) is 4.90 Å². The first kappa shape index (κ1) is 15.3. The molecule has 1 heterocycles. The summed E-state index contributed by atoms with van der Waals surface area (Å²) in [6.07, 6.45) is 4.92. The molecule has 1 aromatic rings. The summed E-state index contributed by atoms with van der Waals surface area (Å²) < 4.78 is 5.55. The average Bonchev–Trinajstić information content (AvgIpc) is 2.55. The molecule has 2 aliphatic rings. The molecule has 22 heavy (non-hydrogen) atoms. The molecule has 0 unspecified atom stereocenters. The zero-order valence-electron chi connectivity index (χ0n) is 13.2. The lowest BCUT2D eigenvalue weighted by Gasteiger charge is -2.52. The standard InChI is InChI=1S/C18H24N2O2/c1-22-16-8-3-2-6-14(16)17-15-7-4-5-9-18(15,21)10-12-20(17)13-11-19/h2-3,6,8,15,17,21H,4-5,7,9-10,12-13H2,1H3/t15-,17-,18+/m0/s1. The largest absolute Gasteiger partial charge is 0.496 e. The molecule has 3 atom stereocenters. The van der Waals surface area contributed by atoms with Crippen LogP contribution in [0.2, 0.25) is 0 Å². The van der Waals surface area contributed by atoms with E-state index in [-0.39, 0.29) is 12.0 Å². The van der Waals surface area contributed by atoms with Crippen molar-refractivity contribution >= 4 is 0 Å².